The number of nitrogens with one attached hydrogen (secondary N) is 1. The molecule has 2 rings (SSSR count). The summed E-state index contributed by atoms with van der Waals surface area (Å²) >= 11 is 0. The van der Waals surface area contributed by atoms with E-state index in [1.54, 1.807) is 0 Å². The predicted octanol–water partition coefficient (Wildman–Crippen LogP) is 2.82. The van der Waals surface area contributed by atoms with Crippen LogP contribution in [-0.2, 0) is 16.1 Å². The average Bonchev–Trinajstić information content (AvgIpc) is 2.47. The molecule has 1 aliphatic rings. The Labute approximate surface area is 114 Å². The van der Waals surface area contributed by atoms with Gasteiger partial charge < -0.3 is 10.1 Å². The summed E-state index contributed by atoms with van der Waals surface area (Å²) in [6.07, 6.45) is 5.11. The SMILES string of the molecule is CCOC(=O)C1=CCCCC1NCc1ccccc1. The molecule has 3 nitrogen and oxygen atoms in total. The summed E-state index contributed by atoms with van der Waals surface area (Å²) in [5.41, 5.74) is 2.03. The maximum atomic E-state index is 11.9. The Balaban J connectivity index is 1.96. The lowest BCUT2D eigenvalue weighted by molar-refractivity contribution is -0.139. The van der Waals surface area contributed by atoms with Gasteiger partial charge in [-0.15, -0.1) is 0 Å². The lowest BCUT2D eigenvalue weighted by Gasteiger charge is -2.24. The van der Waals surface area contributed by atoms with Crippen molar-refractivity contribution in [1.29, 1.82) is 0 Å². The fourth-order valence-electron chi connectivity index (χ4n) is 2.37. The summed E-state index contributed by atoms with van der Waals surface area (Å²) in [5, 5.41) is 3.46. The van der Waals surface area contributed by atoms with Crippen LogP contribution in [0.5, 0.6) is 0 Å². The van der Waals surface area contributed by atoms with Crippen molar-refractivity contribution in [2.75, 3.05) is 6.61 Å². The Morgan fingerprint density at radius 2 is 2.16 bits per heavy atom. The number of hydrogen-bond acceptors (Lipinski definition) is 3. The van der Waals surface area contributed by atoms with Crippen LogP contribution >= 0.6 is 0 Å². The molecule has 1 aromatic carbocycles. The third-order valence-electron chi connectivity index (χ3n) is 3.34. The molecule has 0 aromatic heterocycles. The van der Waals surface area contributed by atoms with E-state index < -0.39 is 0 Å². The molecule has 0 amide bonds. The number of allylic oxidation sites excluding steroid dienone is 1. The van der Waals surface area contributed by atoms with Crippen molar-refractivity contribution in [3.05, 3.63) is 47.5 Å². The summed E-state index contributed by atoms with van der Waals surface area (Å²) in [4.78, 5) is 11.9. The Kier molecular flexibility index (Phi) is 5.16. The van der Waals surface area contributed by atoms with E-state index in [-0.39, 0.29) is 12.0 Å². The van der Waals surface area contributed by atoms with Crippen LogP contribution in [0.2, 0.25) is 0 Å². The number of carbonyl (C=O) groups excluding carboxylic acids is 1. The number of carbonyl (C=O) groups is 1. The van der Waals surface area contributed by atoms with Crippen molar-refractivity contribution < 1.29 is 9.53 Å². The van der Waals surface area contributed by atoms with Gasteiger partial charge in [0.2, 0.25) is 0 Å². The van der Waals surface area contributed by atoms with Crippen LogP contribution in [0.4, 0.5) is 0 Å². The third kappa shape index (κ3) is 3.93. The molecule has 1 atom stereocenters. The van der Waals surface area contributed by atoms with Crippen LogP contribution in [0.25, 0.3) is 0 Å². The van der Waals surface area contributed by atoms with Gasteiger partial charge in [-0.25, -0.2) is 4.79 Å². The fraction of sp³-hybridized carbons (Fsp3) is 0.438. The van der Waals surface area contributed by atoms with Gasteiger partial charge in [-0.1, -0.05) is 36.4 Å². The van der Waals surface area contributed by atoms with Gasteiger partial charge in [0.05, 0.1) is 12.2 Å². The van der Waals surface area contributed by atoms with Crippen LogP contribution in [0.3, 0.4) is 0 Å². The standard InChI is InChI=1S/C16H21NO2/c1-2-19-16(18)14-10-6-7-11-15(14)17-12-13-8-4-3-5-9-13/h3-5,8-10,15,17H,2,6-7,11-12H2,1H3. The highest BCUT2D eigenvalue weighted by Gasteiger charge is 2.23. The molecule has 0 fully saturated rings. The van der Waals surface area contributed by atoms with E-state index in [0.29, 0.717) is 6.61 Å². The summed E-state index contributed by atoms with van der Waals surface area (Å²) in [7, 11) is 0. The van der Waals surface area contributed by atoms with Crippen LogP contribution in [0.1, 0.15) is 31.7 Å². The molecular formula is C16H21NO2. The van der Waals surface area contributed by atoms with Crippen LogP contribution < -0.4 is 5.32 Å². The molecular weight excluding hydrogens is 238 g/mol. The number of ether oxygens (including phenoxy) is 1. The molecule has 1 unspecified atom stereocenters. The summed E-state index contributed by atoms with van der Waals surface area (Å²) in [6.45, 7) is 3.05. The highest BCUT2D eigenvalue weighted by Crippen LogP contribution is 2.20. The van der Waals surface area contributed by atoms with Gasteiger partial charge in [-0.05, 0) is 31.7 Å². The van der Waals surface area contributed by atoms with E-state index >= 15 is 0 Å². The molecule has 19 heavy (non-hydrogen) atoms. The third-order valence-corrected chi connectivity index (χ3v) is 3.34. The predicted molar refractivity (Wildman–Crippen MR) is 75.6 cm³/mol. The Hall–Kier alpha value is -1.61. The van der Waals surface area contributed by atoms with Crippen molar-refractivity contribution in [1.82, 2.24) is 5.32 Å². The largest absolute Gasteiger partial charge is 0.463 e. The van der Waals surface area contributed by atoms with Crippen molar-refractivity contribution >= 4 is 5.97 Å². The smallest absolute Gasteiger partial charge is 0.335 e. The van der Waals surface area contributed by atoms with E-state index in [1.165, 1.54) is 5.56 Å². The normalized spacial score (nSPS) is 18.8. The van der Waals surface area contributed by atoms with Gasteiger partial charge in [0, 0.05) is 12.6 Å². The molecule has 0 radical (unpaired) electrons. The van der Waals surface area contributed by atoms with Gasteiger partial charge in [0.25, 0.3) is 0 Å². The number of hydrogen-bond donors (Lipinski definition) is 1. The lowest BCUT2D eigenvalue weighted by Crippen LogP contribution is -2.35. The second-order valence-electron chi connectivity index (χ2n) is 4.73. The molecule has 0 saturated heterocycles. The van der Waals surface area contributed by atoms with Gasteiger partial charge in [-0.2, -0.15) is 0 Å². The molecule has 0 spiro atoms. The second-order valence-corrected chi connectivity index (χ2v) is 4.73. The maximum absolute atomic E-state index is 11.9. The highest BCUT2D eigenvalue weighted by atomic mass is 16.5. The Bertz CT molecular complexity index is 439. The average molecular weight is 259 g/mol. The van der Waals surface area contributed by atoms with E-state index in [0.717, 1.165) is 31.4 Å². The quantitative estimate of drug-likeness (QED) is 0.826. The first kappa shape index (κ1) is 13.8. The topological polar surface area (TPSA) is 38.3 Å². The molecule has 1 aromatic rings. The Morgan fingerprint density at radius 3 is 2.89 bits per heavy atom. The molecule has 3 heteroatoms. The monoisotopic (exact) mass is 259 g/mol. The minimum absolute atomic E-state index is 0.119. The molecule has 0 saturated carbocycles. The minimum Gasteiger partial charge on any atom is -0.463 e. The maximum Gasteiger partial charge on any atom is 0.335 e. The number of benzene rings is 1. The zero-order chi connectivity index (χ0) is 13.5. The first-order chi connectivity index (χ1) is 9.31. The van der Waals surface area contributed by atoms with Gasteiger partial charge >= 0.3 is 5.97 Å². The Morgan fingerprint density at radius 1 is 1.37 bits per heavy atom. The zero-order valence-electron chi connectivity index (χ0n) is 11.4. The lowest BCUT2D eigenvalue weighted by atomic mass is 9.94. The minimum atomic E-state index is -0.173. The first-order valence-electron chi connectivity index (χ1n) is 6.95. The molecule has 102 valence electrons. The molecule has 0 heterocycles. The van der Waals surface area contributed by atoms with E-state index in [4.69, 9.17) is 4.74 Å². The highest BCUT2D eigenvalue weighted by molar-refractivity contribution is 5.90. The molecule has 0 bridgehead atoms. The summed E-state index contributed by atoms with van der Waals surface area (Å²) in [6, 6.07) is 10.4. The van der Waals surface area contributed by atoms with Gasteiger partial charge in [0.1, 0.15) is 0 Å². The van der Waals surface area contributed by atoms with Crippen LogP contribution in [-0.4, -0.2) is 18.6 Å². The van der Waals surface area contributed by atoms with Crippen LogP contribution in [0.15, 0.2) is 42.0 Å². The van der Waals surface area contributed by atoms with Crippen molar-refractivity contribution in [3.8, 4) is 0 Å². The molecule has 1 N–H and O–H groups in total. The van der Waals surface area contributed by atoms with Crippen molar-refractivity contribution in [2.24, 2.45) is 0 Å². The van der Waals surface area contributed by atoms with Gasteiger partial charge in [0.15, 0.2) is 0 Å². The van der Waals surface area contributed by atoms with E-state index in [2.05, 4.69) is 17.4 Å². The second kappa shape index (κ2) is 7.10. The first-order valence-corrected chi connectivity index (χ1v) is 6.95. The fourth-order valence-corrected chi connectivity index (χ4v) is 2.37. The number of rotatable bonds is 5. The van der Waals surface area contributed by atoms with E-state index in [1.807, 2.05) is 31.2 Å². The molecule has 1 aliphatic carbocycles. The zero-order valence-corrected chi connectivity index (χ0v) is 11.4. The summed E-state index contributed by atoms with van der Waals surface area (Å²) in [5.74, 6) is -0.173. The van der Waals surface area contributed by atoms with E-state index in [9.17, 15) is 4.79 Å². The number of esters is 1. The van der Waals surface area contributed by atoms with Gasteiger partial charge in [-0.3, -0.25) is 0 Å². The van der Waals surface area contributed by atoms with Crippen LogP contribution in [0, 0.1) is 0 Å². The molecule has 0 aliphatic heterocycles. The summed E-state index contributed by atoms with van der Waals surface area (Å²) < 4.78 is 5.12. The van der Waals surface area contributed by atoms with Crippen molar-refractivity contribution in [3.63, 3.8) is 0 Å². The van der Waals surface area contributed by atoms with Crippen molar-refractivity contribution in [2.45, 2.75) is 38.8 Å².